The van der Waals surface area contributed by atoms with Crippen LogP contribution in [-0.2, 0) is 31.8 Å². The Morgan fingerprint density at radius 3 is 2.50 bits per heavy atom. The van der Waals surface area contributed by atoms with Gasteiger partial charge in [0.2, 0.25) is 0 Å². The average molecular weight is 587 g/mol. The number of rotatable bonds is 6. The minimum atomic E-state index is -0.984. The monoisotopic (exact) mass is 586 g/mol. The second kappa shape index (κ2) is 16.1. The van der Waals surface area contributed by atoms with Crippen LogP contribution in [0.25, 0.3) is 0 Å². The lowest BCUT2D eigenvalue weighted by Gasteiger charge is -2.29. The van der Waals surface area contributed by atoms with Crippen molar-refractivity contribution in [2.45, 2.75) is 77.8 Å². The number of nitrogens with one attached hydrogen (secondary N) is 1. The van der Waals surface area contributed by atoms with Gasteiger partial charge in [-0.2, -0.15) is 0 Å². The third kappa shape index (κ3) is 9.20. The van der Waals surface area contributed by atoms with Gasteiger partial charge in [-0.3, -0.25) is 4.79 Å². The van der Waals surface area contributed by atoms with Crippen LogP contribution < -0.4 is 11.1 Å². The molecular formula is C32H46N2O8. The van der Waals surface area contributed by atoms with E-state index in [0.717, 1.165) is 0 Å². The predicted molar refractivity (Wildman–Crippen MR) is 162 cm³/mol. The molecule has 1 aliphatic rings. The Morgan fingerprint density at radius 2 is 1.90 bits per heavy atom. The van der Waals surface area contributed by atoms with Crippen molar-refractivity contribution in [1.82, 2.24) is 0 Å². The zero-order valence-electron chi connectivity index (χ0n) is 25.4. The van der Waals surface area contributed by atoms with Gasteiger partial charge in [0.1, 0.15) is 17.6 Å². The second-order valence-electron chi connectivity index (χ2n) is 10.9. The van der Waals surface area contributed by atoms with Gasteiger partial charge in [-0.25, -0.2) is 4.79 Å². The van der Waals surface area contributed by atoms with Gasteiger partial charge in [0.15, 0.2) is 6.10 Å². The number of carbonyl (C=O) groups is 2. The summed E-state index contributed by atoms with van der Waals surface area (Å²) in [4.78, 5) is 24.8. The van der Waals surface area contributed by atoms with Crippen molar-refractivity contribution in [1.29, 1.82) is 0 Å². The highest BCUT2D eigenvalue weighted by molar-refractivity contribution is 6.04. The molecule has 42 heavy (non-hydrogen) atoms. The van der Waals surface area contributed by atoms with Gasteiger partial charge in [-0.1, -0.05) is 44.2 Å². The molecule has 0 saturated heterocycles. The van der Waals surface area contributed by atoms with Gasteiger partial charge in [0.05, 0.1) is 17.9 Å². The van der Waals surface area contributed by atoms with Gasteiger partial charge in [-0.15, -0.1) is 6.58 Å². The second-order valence-corrected chi connectivity index (χ2v) is 10.9. The van der Waals surface area contributed by atoms with Crippen LogP contribution in [0, 0.1) is 11.8 Å². The summed E-state index contributed by atoms with van der Waals surface area (Å²) in [6.07, 6.45) is 5.97. The Bertz CT molecular complexity index is 1210. The lowest BCUT2D eigenvalue weighted by Crippen LogP contribution is -2.37. The molecule has 6 atom stereocenters. The maximum absolute atomic E-state index is 13.0. The highest BCUT2D eigenvalue weighted by atomic mass is 16.6. The number of benzene rings is 1. The van der Waals surface area contributed by atoms with Crippen LogP contribution >= 0.6 is 0 Å². The number of allylic oxidation sites excluding steroid dienone is 3. The molecule has 2 bridgehead atoms. The highest BCUT2D eigenvalue weighted by Crippen LogP contribution is 2.40. The Kier molecular flexibility index (Phi) is 13.3. The standard InChI is InChI=1S/C32H46N2O8/c1-8-9-12-22-23-14-18(2)15-27(41-7)28(36)20(4)16-21(5)30(42-32(33)39)26(40-6)13-10-11-19(3)31(38)34-24(29(23)37)17-25(22)35/h8,10-11,13,16-18,20,26-28,30,35-37H,1,9,12,14-15H2,2-7H3,(H2,33,39)(H,34,38)/b13-10-,19-11+,21-16+/t18?,20-,26-,27-,28+,30-/m0/s1. The number of hydrogen-bond acceptors (Lipinski definition) is 8. The fourth-order valence-corrected chi connectivity index (χ4v) is 5.20. The summed E-state index contributed by atoms with van der Waals surface area (Å²) < 4.78 is 16.6. The number of amides is 2. The van der Waals surface area contributed by atoms with E-state index in [0.29, 0.717) is 48.0 Å². The van der Waals surface area contributed by atoms with Gasteiger partial charge < -0.3 is 40.6 Å². The van der Waals surface area contributed by atoms with Crippen molar-refractivity contribution in [3.8, 4) is 11.5 Å². The Hall–Kier alpha value is -3.60. The Labute approximate surface area is 248 Å². The number of phenolic OH excluding ortho intramolecular Hbond substituents is 2. The smallest absolute Gasteiger partial charge is 0.405 e. The van der Waals surface area contributed by atoms with E-state index in [9.17, 15) is 24.9 Å². The van der Waals surface area contributed by atoms with Gasteiger partial charge >= 0.3 is 6.09 Å². The molecule has 1 aliphatic heterocycles. The van der Waals surface area contributed by atoms with Crippen LogP contribution in [-0.4, -0.2) is 66.0 Å². The summed E-state index contributed by atoms with van der Waals surface area (Å²) >= 11 is 0. The number of phenols is 2. The summed E-state index contributed by atoms with van der Waals surface area (Å²) in [6.45, 7) is 10.9. The molecule has 2 rings (SSSR count). The minimum absolute atomic E-state index is 0.0411. The van der Waals surface area contributed by atoms with Crippen LogP contribution in [0.3, 0.4) is 0 Å². The molecule has 232 valence electrons. The average Bonchev–Trinajstić information content (AvgIpc) is 2.94. The van der Waals surface area contributed by atoms with Crippen molar-refractivity contribution >= 4 is 17.7 Å². The molecule has 0 radical (unpaired) electrons. The molecule has 1 aromatic carbocycles. The van der Waals surface area contributed by atoms with Crippen molar-refractivity contribution < 1.29 is 39.1 Å². The largest absolute Gasteiger partial charge is 0.508 e. The minimum Gasteiger partial charge on any atom is -0.508 e. The van der Waals surface area contributed by atoms with E-state index < -0.39 is 42.3 Å². The Morgan fingerprint density at radius 1 is 1.21 bits per heavy atom. The van der Waals surface area contributed by atoms with Gasteiger partial charge in [-0.05, 0) is 51.0 Å². The van der Waals surface area contributed by atoms with Gasteiger partial charge in [0, 0.05) is 42.9 Å². The number of hydrogen-bond donors (Lipinski definition) is 5. The molecular weight excluding hydrogens is 540 g/mol. The van der Waals surface area contributed by atoms with E-state index in [-0.39, 0.29) is 23.1 Å². The fraction of sp³-hybridized carbons (Fsp3) is 0.500. The van der Waals surface area contributed by atoms with Crippen LogP contribution in [0.15, 0.2) is 54.2 Å². The van der Waals surface area contributed by atoms with Crippen LogP contribution in [0.4, 0.5) is 10.5 Å². The number of primary amides is 1. The molecule has 0 fully saturated rings. The van der Waals surface area contributed by atoms with Crippen molar-refractivity contribution in [3.63, 3.8) is 0 Å². The van der Waals surface area contributed by atoms with Crippen molar-refractivity contribution in [2.75, 3.05) is 19.5 Å². The first kappa shape index (κ1) is 34.6. The first-order valence-electron chi connectivity index (χ1n) is 14.1. The van der Waals surface area contributed by atoms with E-state index in [1.807, 2.05) is 13.8 Å². The van der Waals surface area contributed by atoms with E-state index in [1.54, 1.807) is 44.2 Å². The number of aliphatic hydroxyl groups excluding tert-OH is 1. The summed E-state index contributed by atoms with van der Waals surface area (Å²) in [6, 6.07) is 1.34. The predicted octanol–water partition coefficient (Wildman–Crippen LogP) is 4.68. The lowest BCUT2D eigenvalue weighted by molar-refractivity contribution is -0.112. The van der Waals surface area contributed by atoms with Crippen molar-refractivity contribution in [3.05, 3.63) is 65.3 Å². The molecule has 6 N–H and O–H groups in total. The van der Waals surface area contributed by atoms with E-state index in [1.165, 1.54) is 20.3 Å². The summed E-state index contributed by atoms with van der Waals surface area (Å²) in [5.41, 5.74) is 7.44. The lowest BCUT2D eigenvalue weighted by atomic mass is 9.86. The van der Waals surface area contributed by atoms with E-state index in [4.69, 9.17) is 19.9 Å². The Balaban J connectivity index is 2.67. The molecule has 0 aliphatic carbocycles. The summed E-state index contributed by atoms with van der Waals surface area (Å²) in [5.74, 6) is -1.16. The summed E-state index contributed by atoms with van der Waals surface area (Å²) in [7, 11) is 2.97. The molecule has 1 unspecified atom stereocenters. The van der Waals surface area contributed by atoms with Crippen LogP contribution in [0.2, 0.25) is 0 Å². The number of fused-ring (bicyclic) bond motifs is 2. The highest BCUT2D eigenvalue weighted by Gasteiger charge is 2.30. The van der Waals surface area contributed by atoms with E-state index in [2.05, 4.69) is 11.9 Å². The number of aromatic hydroxyl groups is 2. The molecule has 0 spiro atoms. The zero-order chi connectivity index (χ0) is 31.6. The van der Waals surface area contributed by atoms with Crippen molar-refractivity contribution in [2.24, 2.45) is 17.6 Å². The number of aliphatic hydroxyl groups is 1. The third-order valence-electron chi connectivity index (χ3n) is 7.55. The normalized spacial score (nSPS) is 29.4. The first-order chi connectivity index (χ1) is 19.8. The number of ether oxygens (including phenoxy) is 3. The number of carbonyl (C=O) groups excluding carboxylic acids is 2. The first-order valence-corrected chi connectivity index (χ1v) is 14.1. The molecule has 1 aromatic rings. The van der Waals surface area contributed by atoms with Crippen LogP contribution in [0.1, 0.15) is 51.7 Å². The molecule has 2 amide bonds. The fourth-order valence-electron chi connectivity index (χ4n) is 5.20. The topological polar surface area (TPSA) is 161 Å². The van der Waals surface area contributed by atoms with Crippen LogP contribution in [0.5, 0.6) is 11.5 Å². The third-order valence-corrected chi connectivity index (χ3v) is 7.55. The maximum Gasteiger partial charge on any atom is 0.405 e. The number of anilines is 1. The number of methoxy groups -OCH3 is 2. The molecule has 10 heteroatoms. The maximum atomic E-state index is 13.0. The summed E-state index contributed by atoms with van der Waals surface area (Å²) in [5, 5.41) is 36.1. The molecule has 1 heterocycles. The SMILES string of the molecule is C=CCCc1c(O)cc2c(O)c1CC(C)C[C@H](OC)[C@H](O)[C@@H](C)/C=C(\C)[C@H](OC(N)=O)[C@@H](OC)/C=C\C=C(/C)C(=O)N2. The molecule has 0 saturated carbocycles. The van der Waals surface area contributed by atoms with Gasteiger partial charge in [0.25, 0.3) is 5.91 Å². The molecule has 10 nitrogen and oxygen atoms in total. The quantitative estimate of drug-likeness (QED) is 0.182. The van der Waals surface area contributed by atoms with E-state index >= 15 is 0 Å². The molecule has 0 aromatic heterocycles. The number of nitrogens with two attached hydrogens (primary N) is 1. The zero-order valence-corrected chi connectivity index (χ0v) is 25.4.